The van der Waals surface area contributed by atoms with Crippen LogP contribution < -0.4 is 4.90 Å². The zero-order valence-corrected chi connectivity index (χ0v) is 19.1. The van der Waals surface area contributed by atoms with Gasteiger partial charge in [-0.25, -0.2) is 17.6 Å². The van der Waals surface area contributed by atoms with Crippen molar-refractivity contribution in [2.75, 3.05) is 11.4 Å². The molecule has 188 valence electrons. The van der Waals surface area contributed by atoms with Crippen molar-refractivity contribution in [2.24, 2.45) is 5.41 Å². The molecular formula is C24H18F7N5. The monoisotopic (exact) mass is 509 g/mol. The maximum atomic E-state index is 15.1. The lowest BCUT2D eigenvalue weighted by molar-refractivity contribution is -0.190. The van der Waals surface area contributed by atoms with Crippen LogP contribution in [-0.2, 0) is 0 Å². The maximum Gasteiger partial charge on any atom is 0.404 e. The summed E-state index contributed by atoms with van der Waals surface area (Å²) < 4.78 is 97.5. The number of nitrogens with zero attached hydrogens (tertiary/aromatic N) is 5. The van der Waals surface area contributed by atoms with E-state index in [2.05, 4.69) is 27.0 Å². The summed E-state index contributed by atoms with van der Waals surface area (Å²) in [4.78, 5) is 5.14. The standard InChI is InChI=1S/C24H18F7N5/c1-13-33-34-22-32-21(19-17(36(13)22)8-7-16(25)20(19)28)35(12-18(26)27)15-6-4-5-14(11-15)9-10-23(2,3)24(29,30)31/h4-8,11,18H,12H2,1-3H3. The molecule has 0 N–H and O–H groups in total. The van der Waals surface area contributed by atoms with E-state index in [0.29, 0.717) is 5.82 Å². The Morgan fingerprint density at radius 2 is 1.78 bits per heavy atom. The molecule has 2 heterocycles. The lowest BCUT2D eigenvalue weighted by Crippen LogP contribution is -2.30. The third kappa shape index (κ3) is 4.53. The number of hydrogen-bond donors (Lipinski definition) is 0. The predicted octanol–water partition coefficient (Wildman–Crippen LogP) is 6.21. The molecule has 2 aromatic heterocycles. The second-order valence-corrected chi connectivity index (χ2v) is 8.50. The number of rotatable bonds is 4. The minimum Gasteiger partial charge on any atom is -0.320 e. The van der Waals surface area contributed by atoms with Crippen LogP contribution in [0.1, 0.15) is 25.2 Å². The molecule has 0 aliphatic rings. The summed E-state index contributed by atoms with van der Waals surface area (Å²) >= 11 is 0. The first-order valence-electron chi connectivity index (χ1n) is 10.6. The van der Waals surface area contributed by atoms with Crippen LogP contribution in [0.15, 0.2) is 36.4 Å². The van der Waals surface area contributed by atoms with Gasteiger partial charge in [-0.15, -0.1) is 10.2 Å². The Balaban J connectivity index is 1.94. The van der Waals surface area contributed by atoms with Gasteiger partial charge in [-0.3, -0.25) is 4.40 Å². The Morgan fingerprint density at radius 3 is 2.44 bits per heavy atom. The number of aromatic nitrogens is 4. The Morgan fingerprint density at radius 1 is 1.06 bits per heavy atom. The molecule has 0 saturated heterocycles. The van der Waals surface area contributed by atoms with E-state index in [4.69, 9.17) is 0 Å². The lowest BCUT2D eigenvalue weighted by Gasteiger charge is -2.25. The molecule has 0 radical (unpaired) electrons. The molecule has 0 saturated carbocycles. The minimum absolute atomic E-state index is 0.0324. The van der Waals surface area contributed by atoms with Gasteiger partial charge in [0.1, 0.15) is 17.1 Å². The summed E-state index contributed by atoms with van der Waals surface area (Å²) in [6, 6.07) is 7.59. The Hall–Kier alpha value is -3.88. The van der Waals surface area contributed by atoms with Gasteiger partial charge in [0.15, 0.2) is 11.6 Å². The van der Waals surface area contributed by atoms with Crippen molar-refractivity contribution >= 4 is 28.2 Å². The third-order valence-electron chi connectivity index (χ3n) is 5.51. The highest BCUT2D eigenvalue weighted by molar-refractivity contribution is 5.94. The summed E-state index contributed by atoms with van der Waals surface area (Å²) in [5, 5.41) is 7.36. The van der Waals surface area contributed by atoms with Gasteiger partial charge in [0, 0.05) is 11.3 Å². The highest BCUT2D eigenvalue weighted by Crippen LogP contribution is 2.37. The zero-order chi connectivity index (χ0) is 26.4. The lowest BCUT2D eigenvalue weighted by atomic mass is 9.93. The van der Waals surface area contributed by atoms with E-state index >= 15 is 4.39 Å². The van der Waals surface area contributed by atoms with Gasteiger partial charge in [0.05, 0.1) is 17.4 Å². The van der Waals surface area contributed by atoms with Crippen molar-refractivity contribution in [3.8, 4) is 11.8 Å². The fourth-order valence-electron chi connectivity index (χ4n) is 3.49. The number of benzene rings is 2. The van der Waals surface area contributed by atoms with E-state index in [9.17, 15) is 26.3 Å². The number of anilines is 2. The molecule has 0 unspecified atom stereocenters. The van der Waals surface area contributed by atoms with Crippen molar-refractivity contribution in [1.29, 1.82) is 0 Å². The first-order valence-corrected chi connectivity index (χ1v) is 10.6. The quantitative estimate of drug-likeness (QED) is 0.243. The van der Waals surface area contributed by atoms with Crippen LogP contribution >= 0.6 is 0 Å². The second kappa shape index (κ2) is 8.96. The third-order valence-corrected chi connectivity index (χ3v) is 5.51. The molecule has 0 spiro atoms. The van der Waals surface area contributed by atoms with Crippen molar-refractivity contribution in [3.05, 3.63) is 59.4 Å². The van der Waals surface area contributed by atoms with Crippen molar-refractivity contribution in [1.82, 2.24) is 19.6 Å². The SMILES string of the molecule is Cc1nnc2nc(N(CC(F)F)c3cccc(C#CC(C)(C)C(F)(F)F)c3)c3c(F)c(F)ccc3n12. The first-order chi connectivity index (χ1) is 16.8. The summed E-state index contributed by atoms with van der Waals surface area (Å²) in [6.07, 6.45) is -7.52. The molecular weight excluding hydrogens is 491 g/mol. The van der Waals surface area contributed by atoms with Crippen molar-refractivity contribution in [2.45, 2.75) is 33.4 Å². The molecule has 0 bridgehead atoms. The average molecular weight is 509 g/mol. The Kier molecular flexibility index (Phi) is 6.28. The zero-order valence-electron chi connectivity index (χ0n) is 19.1. The largest absolute Gasteiger partial charge is 0.404 e. The van der Waals surface area contributed by atoms with Gasteiger partial charge < -0.3 is 4.90 Å². The van der Waals surface area contributed by atoms with Crippen LogP contribution in [0.2, 0.25) is 0 Å². The smallest absolute Gasteiger partial charge is 0.320 e. The number of hydrogen-bond acceptors (Lipinski definition) is 4. The molecule has 0 amide bonds. The number of aryl methyl sites for hydroxylation is 1. The van der Waals surface area contributed by atoms with Crippen LogP contribution in [0.3, 0.4) is 0 Å². The van der Waals surface area contributed by atoms with E-state index < -0.39 is 36.2 Å². The molecule has 0 aliphatic carbocycles. The maximum absolute atomic E-state index is 15.1. The van der Waals surface area contributed by atoms with E-state index in [-0.39, 0.29) is 33.7 Å². The van der Waals surface area contributed by atoms with E-state index in [1.165, 1.54) is 34.7 Å². The first kappa shape index (κ1) is 25.2. The fourth-order valence-corrected chi connectivity index (χ4v) is 3.49. The summed E-state index contributed by atoms with van der Waals surface area (Å²) in [5.74, 6) is 1.94. The topological polar surface area (TPSA) is 46.3 Å². The van der Waals surface area contributed by atoms with Crippen LogP contribution in [0.4, 0.5) is 42.2 Å². The van der Waals surface area contributed by atoms with E-state index in [1.807, 2.05) is 0 Å². The highest BCUT2D eigenvalue weighted by atomic mass is 19.4. The van der Waals surface area contributed by atoms with E-state index in [1.54, 1.807) is 6.92 Å². The fraction of sp³-hybridized carbons (Fsp3) is 0.292. The molecule has 2 aromatic carbocycles. The summed E-state index contributed by atoms with van der Waals surface area (Å²) in [5.41, 5.74) is -2.09. The molecule has 0 atom stereocenters. The summed E-state index contributed by atoms with van der Waals surface area (Å²) in [7, 11) is 0. The van der Waals surface area contributed by atoms with Gasteiger partial charge in [-0.1, -0.05) is 17.9 Å². The molecule has 36 heavy (non-hydrogen) atoms. The van der Waals surface area contributed by atoms with Crippen LogP contribution in [-0.4, -0.2) is 38.7 Å². The van der Waals surface area contributed by atoms with Gasteiger partial charge in [-0.05, 0) is 51.1 Å². The van der Waals surface area contributed by atoms with Crippen LogP contribution in [0.25, 0.3) is 16.7 Å². The molecule has 0 fully saturated rings. The molecule has 4 rings (SSSR count). The number of fused-ring (bicyclic) bond motifs is 3. The Labute approximate surface area is 200 Å². The number of alkyl halides is 5. The van der Waals surface area contributed by atoms with Crippen molar-refractivity contribution in [3.63, 3.8) is 0 Å². The molecule has 5 nitrogen and oxygen atoms in total. The number of halogens is 7. The normalized spacial score (nSPS) is 12.3. The Bertz CT molecular complexity index is 1510. The molecule has 4 aromatic rings. The van der Waals surface area contributed by atoms with Crippen LogP contribution in [0.5, 0.6) is 0 Å². The van der Waals surface area contributed by atoms with E-state index in [0.717, 1.165) is 24.8 Å². The van der Waals surface area contributed by atoms with Crippen LogP contribution in [0, 0.1) is 35.8 Å². The van der Waals surface area contributed by atoms with Crippen molar-refractivity contribution < 1.29 is 30.7 Å². The van der Waals surface area contributed by atoms with Gasteiger partial charge in [-0.2, -0.15) is 18.2 Å². The molecule has 12 heteroatoms. The second-order valence-electron chi connectivity index (χ2n) is 8.50. The molecule has 0 aliphatic heterocycles. The predicted molar refractivity (Wildman–Crippen MR) is 119 cm³/mol. The minimum atomic E-state index is -4.59. The average Bonchev–Trinajstić information content (AvgIpc) is 3.18. The highest BCUT2D eigenvalue weighted by Gasteiger charge is 2.46. The summed E-state index contributed by atoms with van der Waals surface area (Å²) in [6.45, 7) is 2.40. The van der Waals surface area contributed by atoms with Gasteiger partial charge >= 0.3 is 6.18 Å². The van der Waals surface area contributed by atoms with Gasteiger partial charge in [0.25, 0.3) is 12.2 Å². The van der Waals surface area contributed by atoms with Gasteiger partial charge in [0.2, 0.25) is 0 Å².